The van der Waals surface area contributed by atoms with Crippen LogP contribution < -0.4 is 5.32 Å². The van der Waals surface area contributed by atoms with Crippen LogP contribution in [0.1, 0.15) is 36.9 Å². The highest BCUT2D eigenvalue weighted by Crippen LogP contribution is 2.32. The monoisotopic (exact) mass is 341 g/mol. The van der Waals surface area contributed by atoms with Gasteiger partial charge in [0.15, 0.2) is 0 Å². The van der Waals surface area contributed by atoms with Gasteiger partial charge in [0.25, 0.3) is 0 Å². The van der Waals surface area contributed by atoms with Gasteiger partial charge in [0, 0.05) is 35.7 Å². The van der Waals surface area contributed by atoms with E-state index in [0.717, 1.165) is 37.1 Å². The predicted octanol–water partition coefficient (Wildman–Crippen LogP) is 3.20. The van der Waals surface area contributed by atoms with Crippen LogP contribution in [0.3, 0.4) is 0 Å². The Hall–Kier alpha value is -0.420. The van der Waals surface area contributed by atoms with Crippen LogP contribution in [0.2, 0.25) is 0 Å². The summed E-state index contributed by atoms with van der Waals surface area (Å²) in [6.45, 7) is 6.99. The van der Waals surface area contributed by atoms with Gasteiger partial charge < -0.3 is 15.2 Å². The second-order valence-corrected chi connectivity index (χ2v) is 6.74. The van der Waals surface area contributed by atoms with Crippen molar-refractivity contribution < 1.29 is 9.84 Å². The van der Waals surface area contributed by atoms with Crippen molar-refractivity contribution in [3.63, 3.8) is 0 Å². The fourth-order valence-electron chi connectivity index (χ4n) is 2.74. The molecule has 2 N–H and O–H groups in total. The fourth-order valence-corrected chi connectivity index (χ4v) is 2.98. The highest BCUT2D eigenvalue weighted by molar-refractivity contribution is 9.10. The molecule has 20 heavy (non-hydrogen) atoms. The molecule has 1 aliphatic heterocycles. The number of rotatable bonds is 6. The van der Waals surface area contributed by atoms with Crippen molar-refractivity contribution in [1.29, 1.82) is 0 Å². The van der Waals surface area contributed by atoms with Crippen molar-refractivity contribution in [2.75, 3.05) is 26.4 Å². The average Bonchev–Trinajstić information content (AvgIpc) is 2.89. The molecule has 0 saturated carbocycles. The van der Waals surface area contributed by atoms with Crippen LogP contribution in [0.4, 0.5) is 0 Å². The minimum atomic E-state index is 0.105. The fraction of sp³-hybridized carbons (Fsp3) is 0.625. The Morgan fingerprint density at radius 2 is 2.30 bits per heavy atom. The standard InChI is InChI=1S/C16H24BrNO2/c1-12-9-14(3-4-15(12)17)13(2)18-10-16(5-7-19)6-8-20-11-16/h3-4,9,13,18-19H,5-8,10-11H2,1-2H3/t13-,16-/m0/s1. The van der Waals surface area contributed by atoms with Crippen molar-refractivity contribution in [2.24, 2.45) is 5.41 Å². The number of aliphatic hydroxyl groups excluding tert-OH is 1. The third-order valence-electron chi connectivity index (χ3n) is 4.29. The molecule has 0 aromatic heterocycles. The molecular formula is C16H24BrNO2. The molecule has 1 heterocycles. The van der Waals surface area contributed by atoms with E-state index in [1.807, 2.05) is 0 Å². The lowest BCUT2D eigenvalue weighted by Crippen LogP contribution is -2.37. The molecule has 2 atom stereocenters. The molecule has 112 valence electrons. The van der Waals surface area contributed by atoms with Gasteiger partial charge in [-0.05, 0) is 43.9 Å². The van der Waals surface area contributed by atoms with Crippen molar-refractivity contribution in [1.82, 2.24) is 5.32 Å². The van der Waals surface area contributed by atoms with Gasteiger partial charge in [-0.3, -0.25) is 0 Å². The minimum absolute atomic E-state index is 0.105. The number of ether oxygens (including phenoxy) is 1. The summed E-state index contributed by atoms with van der Waals surface area (Å²) in [7, 11) is 0. The summed E-state index contributed by atoms with van der Waals surface area (Å²) in [4.78, 5) is 0. The summed E-state index contributed by atoms with van der Waals surface area (Å²) in [6.07, 6.45) is 1.85. The topological polar surface area (TPSA) is 41.5 Å². The highest BCUT2D eigenvalue weighted by atomic mass is 79.9. The van der Waals surface area contributed by atoms with E-state index < -0.39 is 0 Å². The molecule has 0 spiro atoms. The summed E-state index contributed by atoms with van der Waals surface area (Å²) >= 11 is 3.54. The predicted molar refractivity (Wildman–Crippen MR) is 84.9 cm³/mol. The van der Waals surface area contributed by atoms with Gasteiger partial charge in [-0.15, -0.1) is 0 Å². The molecule has 0 radical (unpaired) electrons. The SMILES string of the molecule is Cc1cc([C@H](C)NC[C@]2(CCO)CCOC2)ccc1Br. The molecule has 0 amide bonds. The van der Waals surface area contributed by atoms with Crippen LogP contribution in [-0.4, -0.2) is 31.5 Å². The quantitative estimate of drug-likeness (QED) is 0.834. The number of benzene rings is 1. The largest absolute Gasteiger partial charge is 0.396 e. The van der Waals surface area contributed by atoms with Crippen LogP contribution in [0.25, 0.3) is 0 Å². The molecule has 1 aromatic carbocycles. The summed E-state index contributed by atoms with van der Waals surface area (Å²) in [5, 5.41) is 12.9. The number of aliphatic hydroxyl groups is 1. The first-order chi connectivity index (χ1) is 9.56. The zero-order valence-corrected chi connectivity index (χ0v) is 13.9. The lowest BCUT2D eigenvalue weighted by molar-refractivity contribution is 0.122. The van der Waals surface area contributed by atoms with Crippen molar-refractivity contribution in [2.45, 2.75) is 32.7 Å². The first-order valence-electron chi connectivity index (χ1n) is 7.24. The minimum Gasteiger partial charge on any atom is -0.396 e. The summed E-state index contributed by atoms with van der Waals surface area (Å²) in [6, 6.07) is 6.77. The van der Waals surface area contributed by atoms with Crippen LogP contribution in [-0.2, 0) is 4.74 Å². The van der Waals surface area contributed by atoms with Crippen LogP contribution >= 0.6 is 15.9 Å². The summed E-state index contributed by atoms with van der Waals surface area (Å²) < 4.78 is 6.68. The summed E-state index contributed by atoms with van der Waals surface area (Å²) in [5.41, 5.74) is 2.65. The van der Waals surface area contributed by atoms with Gasteiger partial charge in [0.1, 0.15) is 0 Å². The molecule has 4 heteroatoms. The maximum absolute atomic E-state index is 9.25. The van der Waals surface area contributed by atoms with E-state index in [-0.39, 0.29) is 12.0 Å². The maximum Gasteiger partial charge on any atom is 0.0536 e. The molecule has 2 rings (SSSR count). The smallest absolute Gasteiger partial charge is 0.0536 e. The van der Waals surface area contributed by atoms with Gasteiger partial charge in [-0.25, -0.2) is 0 Å². The van der Waals surface area contributed by atoms with E-state index in [0.29, 0.717) is 6.04 Å². The molecule has 3 nitrogen and oxygen atoms in total. The van der Waals surface area contributed by atoms with Crippen LogP contribution in [0.15, 0.2) is 22.7 Å². The maximum atomic E-state index is 9.25. The zero-order valence-electron chi connectivity index (χ0n) is 12.3. The van der Waals surface area contributed by atoms with Gasteiger partial charge in [0.2, 0.25) is 0 Å². The molecule has 0 bridgehead atoms. The molecule has 1 fully saturated rings. The highest BCUT2D eigenvalue weighted by Gasteiger charge is 2.34. The first kappa shape index (κ1) is 16.0. The third-order valence-corrected chi connectivity index (χ3v) is 5.18. The average molecular weight is 342 g/mol. The van der Waals surface area contributed by atoms with Crippen molar-refractivity contribution in [3.8, 4) is 0 Å². The van der Waals surface area contributed by atoms with Crippen LogP contribution in [0.5, 0.6) is 0 Å². The number of hydrogen-bond acceptors (Lipinski definition) is 3. The van der Waals surface area contributed by atoms with E-state index >= 15 is 0 Å². The van der Waals surface area contributed by atoms with Gasteiger partial charge in [0.05, 0.1) is 6.61 Å². The number of hydrogen-bond donors (Lipinski definition) is 2. The van der Waals surface area contributed by atoms with Crippen LogP contribution in [0, 0.1) is 12.3 Å². The molecule has 1 aliphatic rings. The van der Waals surface area contributed by atoms with E-state index in [2.05, 4.69) is 53.3 Å². The Balaban J connectivity index is 1.96. The Morgan fingerprint density at radius 3 is 2.90 bits per heavy atom. The lowest BCUT2D eigenvalue weighted by Gasteiger charge is -2.29. The van der Waals surface area contributed by atoms with E-state index in [9.17, 15) is 5.11 Å². The molecule has 0 unspecified atom stereocenters. The van der Waals surface area contributed by atoms with Crippen molar-refractivity contribution in [3.05, 3.63) is 33.8 Å². The van der Waals surface area contributed by atoms with Gasteiger partial charge in [-0.1, -0.05) is 28.1 Å². The Kier molecular flexibility index (Phi) is 5.61. The van der Waals surface area contributed by atoms with E-state index in [1.165, 1.54) is 11.1 Å². The molecule has 1 saturated heterocycles. The van der Waals surface area contributed by atoms with Crippen molar-refractivity contribution >= 4 is 15.9 Å². The second kappa shape index (κ2) is 7.03. The Bertz CT molecular complexity index is 444. The summed E-state index contributed by atoms with van der Waals surface area (Å²) in [5.74, 6) is 0. The first-order valence-corrected chi connectivity index (χ1v) is 8.04. The number of halogens is 1. The lowest BCUT2D eigenvalue weighted by atomic mass is 9.83. The molecule has 0 aliphatic carbocycles. The molecular weight excluding hydrogens is 318 g/mol. The Labute approximate surface area is 129 Å². The second-order valence-electron chi connectivity index (χ2n) is 5.89. The third kappa shape index (κ3) is 3.82. The normalized spacial score (nSPS) is 24.0. The van der Waals surface area contributed by atoms with E-state index in [1.54, 1.807) is 0 Å². The van der Waals surface area contributed by atoms with E-state index in [4.69, 9.17) is 4.74 Å². The van der Waals surface area contributed by atoms with Gasteiger partial charge in [-0.2, -0.15) is 0 Å². The number of aryl methyl sites for hydroxylation is 1. The zero-order chi connectivity index (χ0) is 14.6. The van der Waals surface area contributed by atoms with Gasteiger partial charge >= 0.3 is 0 Å². The number of nitrogens with one attached hydrogen (secondary N) is 1. The molecule has 1 aromatic rings. The Morgan fingerprint density at radius 1 is 1.50 bits per heavy atom.